The molecule has 3 rings (SSSR count). The van der Waals surface area contributed by atoms with Crippen LogP contribution >= 0.6 is 0 Å². The molecule has 7 nitrogen and oxygen atoms in total. The van der Waals surface area contributed by atoms with Gasteiger partial charge in [0.25, 0.3) is 0 Å². The third-order valence-corrected chi connectivity index (χ3v) is 3.49. The summed E-state index contributed by atoms with van der Waals surface area (Å²) in [5.74, 6) is 1.42. The van der Waals surface area contributed by atoms with Crippen molar-refractivity contribution in [3.05, 3.63) is 54.1 Å². The van der Waals surface area contributed by atoms with Crippen LogP contribution in [0.25, 0.3) is 11.5 Å². The van der Waals surface area contributed by atoms with Gasteiger partial charge in [-0.25, -0.2) is 0 Å². The number of methoxy groups -OCH3 is 2. The van der Waals surface area contributed by atoms with E-state index in [0.717, 1.165) is 5.56 Å². The minimum atomic E-state index is -0.255. The zero-order chi connectivity index (χ0) is 17.6. The maximum Gasteiger partial charge on any atom is 0.322 e. The Morgan fingerprint density at radius 2 is 1.76 bits per heavy atom. The maximum atomic E-state index is 12.1. The molecule has 0 spiro atoms. The molecule has 0 saturated heterocycles. The fourth-order valence-electron chi connectivity index (χ4n) is 2.28. The lowest BCUT2D eigenvalue weighted by Crippen LogP contribution is -2.14. The summed E-state index contributed by atoms with van der Waals surface area (Å²) in [7, 11) is 3.16. The van der Waals surface area contributed by atoms with E-state index < -0.39 is 0 Å². The topological polar surface area (TPSA) is 86.5 Å². The molecule has 0 fully saturated rings. The van der Waals surface area contributed by atoms with E-state index in [1.54, 1.807) is 26.4 Å². The Morgan fingerprint density at radius 3 is 2.52 bits per heavy atom. The van der Waals surface area contributed by atoms with Gasteiger partial charge in [-0.2, -0.15) is 0 Å². The Hall–Kier alpha value is -3.35. The van der Waals surface area contributed by atoms with Gasteiger partial charge < -0.3 is 13.9 Å². The number of amides is 1. The number of aromatic nitrogens is 2. The van der Waals surface area contributed by atoms with Gasteiger partial charge >= 0.3 is 6.01 Å². The molecule has 0 saturated carbocycles. The van der Waals surface area contributed by atoms with Crippen molar-refractivity contribution in [2.75, 3.05) is 19.5 Å². The largest absolute Gasteiger partial charge is 0.497 e. The van der Waals surface area contributed by atoms with Gasteiger partial charge in [0, 0.05) is 5.56 Å². The number of benzene rings is 2. The van der Waals surface area contributed by atoms with Gasteiger partial charge in [-0.15, -0.1) is 5.10 Å². The van der Waals surface area contributed by atoms with Crippen molar-refractivity contribution in [2.45, 2.75) is 6.42 Å². The molecule has 3 aromatic rings. The molecular weight excluding hydrogens is 322 g/mol. The summed E-state index contributed by atoms with van der Waals surface area (Å²) in [6.45, 7) is 0. The Morgan fingerprint density at radius 1 is 1.04 bits per heavy atom. The summed E-state index contributed by atoms with van der Waals surface area (Å²) in [6.07, 6.45) is 0.175. The van der Waals surface area contributed by atoms with E-state index >= 15 is 0 Å². The average Bonchev–Trinajstić information content (AvgIpc) is 3.10. The number of rotatable bonds is 6. The predicted octanol–water partition coefficient (Wildman–Crippen LogP) is 2.94. The minimum Gasteiger partial charge on any atom is -0.497 e. The lowest BCUT2D eigenvalue weighted by molar-refractivity contribution is -0.115. The van der Waals surface area contributed by atoms with Crippen molar-refractivity contribution < 1.29 is 18.7 Å². The van der Waals surface area contributed by atoms with Crippen LogP contribution in [0.1, 0.15) is 5.56 Å². The first kappa shape index (κ1) is 16.5. The molecule has 128 valence electrons. The van der Waals surface area contributed by atoms with Gasteiger partial charge in [-0.3, -0.25) is 10.1 Å². The molecule has 0 aliphatic heterocycles. The molecule has 0 atom stereocenters. The van der Waals surface area contributed by atoms with Gasteiger partial charge in [0.2, 0.25) is 11.8 Å². The normalized spacial score (nSPS) is 10.3. The number of carbonyl (C=O) groups excluding carboxylic acids is 1. The van der Waals surface area contributed by atoms with E-state index in [4.69, 9.17) is 13.9 Å². The molecule has 1 heterocycles. The Bertz CT molecular complexity index is 876. The van der Waals surface area contributed by atoms with Crippen LogP contribution in [0.4, 0.5) is 6.01 Å². The van der Waals surface area contributed by atoms with Crippen LogP contribution in [0.15, 0.2) is 52.9 Å². The first-order valence-electron chi connectivity index (χ1n) is 7.58. The highest BCUT2D eigenvalue weighted by molar-refractivity contribution is 5.90. The molecule has 0 bridgehead atoms. The third kappa shape index (κ3) is 4.14. The lowest BCUT2D eigenvalue weighted by Gasteiger charge is -2.04. The molecule has 1 amide bonds. The van der Waals surface area contributed by atoms with Gasteiger partial charge in [-0.1, -0.05) is 23.3 Å². The van der Waals surface area contributed by atoms with Crippen LogP contribution in [-0.2, 0) is 11.2 Å². The fraction of sp³-hybridized carbons (Fsp3) is 0.167. The second kappa shape index (κ2) is 7.48. The predicted molar refractivity (Wildman–Crippen MR) is 91.6 cm³/mol. The first-order valence-corrected chi connectivity index (χ1v) is 7.58. The van der Waals surface area contributed by atoms with Crippen molar-refractivity contribution in [1.29, 1.82) is 0 Å². The first-order chi connectivity index (χ1) is 12.2. The molecule has 2 aromatic carbocycles. The number of anilines is 1. The molecule has 0 aliphatic rings. The Kier molecular flexibility index (Phi) is 4.94. The van der Waals surface area contributed by atoms with Crippen LogP contribution in [0.5, 0.6) is 11.5 Å². The van der Waals surface area contributed by atoms with E-state index in [1.165, 1.54) is 0 Å². The molecule has 7 heteroatoms. The zero-order valence-corrected chi connectivity index (χ0v) is 13.9. The van der Waals surface area contributed by atoms with Gasteiger partial charge in [0.05, 0.1) is 20.6 Å². The summed E-state index contributed by atoms with van der Waals surface area (Å²) in [5, 5.41) is 10.4. The maximum absolute atomic E-state index is 12.1. The molecular formula is C18H17N3O4. The smallest absolute Gasteiger partial charge is 0.322 e. The molecule has 1 aromatic heterocycles. The number of ether oxygens (including phenoxy) is 2. The fourth-order valence-corrected chi connectivity index (χ4v) is 2.28. The van der Waals surface area contributed by atoms with Crippen molar-refractivity contribution in [3.63, 3.8) is 0 Å². The summed E-state index contributed by atoms with van der Waals surface area (Å²) in [5.41, 5.74) is 1.53. The highest BCUT2D eigenvalue weighted by atomic mass is 16.5. The highest BCUT2D eigenvalue weighted by Crippen LogP contribution is 2.24. The Labute approximate surface area is 144 Å². The van der Waals surface area contributed by atoms with Crippen molar-refractivity contribution in [2.24, 2.45) is 0 Å². The third-order valence-electron chi connectivity index (χ3n) is 3.49. The van der Waals surface area contributed by atoms with Crippen molar-refractivity contribution in [3.8, 4) is 23.0 Å². The van der Waals surface area contributed by atoms with Crippen LogP contribution in [0.3, 0.4) is 0 Å². The van der Waals surface area contributed by atoms with E-state index in [2.05, 4.69) is 15.5 Å². The van der Waals surface area contributed by atoms with Crippen LogP contribution in [0, 0.1) is 0 Å². The molecule has 0 unspecified atom stereocenters. The van der Waals surface area contributed by atoms with E-state index in [1.807, 2.05) is 36.4 Å². The summed E-state index contributed by atoms with van der Waals surface area (Å²) in [4.78, 5) is 12.1. The standard InChI is InChI=1S/C18H17N3O4/c1-23-14-7-3-5-12(9-14)10-16(22)19-18-21-20-17(25-18)13-6-4-8-15(11-13)24-2/h3-9,11H,10H2,1-2H3,(H,19,21,22). The van der Waals surface area contributed by atoms with Crippen LogP contribution in [-0.4, -0.2) is 30.3 Å². The van der Waals surface area contributed by atoms with Crippen molar-refractivity contribution in [1.82, 2.24) is 10.2 Å². The number of nitrogens with one attached hydrogen (secondary N) is 1. The number of carbonyl (C=O) groups is 1. The van der Waals surface area contributed by atoms with Crippen LogP contribution in [0.2, 0.25) is 0 Å². The Balaban J connectivity index is 1.67. The lowest BCUT2D eigenvalue weighted by atomic mass is 10.1. The SMILES string of the molecule is COc1cccc(CC(=O)Nc2nnc(-c3cccc(OC)c3)o2)c1. The van der Waals surface area contributed by atoms with Crippen LogP contribution < -0.4 is 14.8 Å². The van der Waals surface area contributed by atoms with Crippen molar-refractivity contribution >= 4 is 11.9 Å². The van der Waals surface area contributed by atoms with E-state index in [0.29, 0.717) is 23.0 Å². The van der Waals surface area contributed by atoms with Gasteiger partial charge in [0.1, 0.15) is 11.5 Å². The molecule has 0 radical (unpaired) electrons. The second-order valence-corrected chi connectivity index (χ2v) is 5.22. The molecule has 0 aliphatic carbocycles. The number of nitrogens with zero attached hydrogens (tertiary/aromatic N) is 2. The summed E-state index contributed by atoms with van der Waals surface area (Å²) in [6, 6.07) is 14.6. The number of hydrogen-bond donors (Lipinski definition) is 1. The second-order valence-electron chi connectivity index (χ2n) is 5.22. The molecule has 25 heavy (non-hydrogen) atoms. The monoisotopic (exact) mass is 339 g/mol. The van der Waals surface area contributed by atoms with E-state index in [9.17, 15) is 4.79 Å². The quantitative estimate of drug-likeness (QED) is 0.743. The minimum absolute atomic E-state index is 0.0470. The van der Waals surface area contributed by atoms with Gasteiger partial charge in [0.15, 0.2) is 0 Å². The highest BCUT2D eigenvalue weighted by Gasteiger charge is 2.12. The van der Waals surface area contributed by atoms with Gasteiger partial charge in [-0.05, 0) is 35.9 Å². The number of hydrogen-bond acceptors (Lipinski definition) is 6. The summed E-state index contributed by atoms with van der Waals surface area (Å²) >= 11 is 0. The molecule has 1 N–H and O–H groups in total. The zero-order valence-electron chi connectivity index (χ0n) is 13.9. The average molecular weight is 339 g/mol. The summed E-state index contributed by atoms with van der Waals surface area (Å²) < 4.78 is 15.8. The van der Waals surface area contributed by atoms with E-state index in [-0.39, 0.29) is 18.3 Å².